The van der Waals surface area contributed by atoms with Gasteiger partial charge in [-0.1, -0.05) is 30.3 Å². The van der Waals surface area contributed by atoms with Gasteiger partial charge in [0.15, 0.2) is 0 Å². The molecule has 0 radical (unpaired) electrons. The van der Waals surface area contributed by atoms with Crippen molar-refractivity contribution < 1.29 is 4.79 Å². The van der Waals surface area contributed by atoms with Gasteiger partial charge in [-0.2, -0.15) is 0 Å². The van der Waals surface area contributed by atoms with Crippen molar-refractivity contribution in [1.82, 2.24) is 4.90 Å². The van der Waals surface area contributed by atoms with Crippen molar-refractivity contribution in [2.45, 2.75) is 39.7 Å². The summed E-state index contributed by atoms with van der Waals surface area (Å²) in [5.74, 6) is 0.170. The zero-order valence-corrected chi connectivity index (χ0v) is 10.4. The van der Waals surface area contributed by atoms with E-state index >= 15 is 0 Å². The first-order chi connectivity index (χ1) is 7.61. The van der Waals surface area contributed by atoms with Crippen LogP contribution in [0.5, 0.6) is 0 Å². The van der Waals surface area contributed by atoms with Crippen LogP contribution in [0.3, 0.4) is 0 Å². The molecule has 0 bridgehead atoms. The van der Waals surface area contributed by atoms with Crippen LogP contribution in [0.15, 0.2) is 30.3 Å². The summed E-state index contributed by atoms with van der Waals surface area (Å²) in [5, 5.41) is 0. The first kappa shape index (κ1) is 12.8. The lowest BCUT2D eigenvalue weighted by Gasteiger charge is -2.25. The molecule has 1 aromatic rings. The molecule has 1 aromatic carbocycles. The van der Waals surface area contributed by atoms with Crippen LogP contribution < -0.4 is 0 Å². The highest BCUT2D eigenvalue weighted by molar-refractivity contribution is 5.73. The topological polar surface area (TPSA) is 20.3 Å². The summed E-state index contributed by atoms with van der Waals surface area (Å²) >= 11 is 0. The molecule has 1 amide bonds. The van der Waals surface area contributed by atoms with E-state index in [9.17, 15) is 4.79 Å². The molecule has 0 aliphatic carbocycles. The quantitative estimate of drug-likeness (QED) is 0.745. The summed E-state index contributed by atoms with van der Waals surface area (Å²) in [6.45, 7) is 6.61. The average Bonchev–Trinajstić information content (AvgIpc) is 2.24. The fraction of sp³-hybridized carbons (Fsp3) is 0.500. The molecular formula is C14H21NO. The minimum atomic E-state index is 0.170. The second-order valence-electron chi connectivity index (χ2n) is 4.40. The normalized spacial score (nSPS) is 10.5. The van der Waals surface area contributed by atoms with Gasteiger partial charge in [0.05, 0.1) is 0 Å². The van der Waals surface area contributed by atoms with E-state index in [4.69, 9.17) is 0 Å². The van der Waals surface area contributed by atoms with Gasteiger partial charge >= 0.3 is 0 Å². The van der Waals surface area contributed by atoms with Gasteiger partial charge in [0, 0.05) is 19.5 Å². The van der Waals surface area contributed by atoms with Crippen LogP contribution in [0.25, 0.3) is 0 Å². The molecule has 0 unspecified atom stereocenters. The minimum absolute atomic E-state index is 0.170. The van der Waals surface area contributed by atoms with E-state index in [2.05, 4.69) is 38.1 Å². The van der Waals surface area contributed by atoms with Crippen molar-refractivity contribution in [2.24, 2.45) is 0 Å². The highest BCUT2D eigenvalue weighted by Crippen LogP contribution is 2.06. The van der Waals surface area contributed by atoms with Gasteiger partial charge in [0.2, 0.25) is 5.91 Å². The Bertz CT molecular complexity index is 319. The summed E-state index contributed by atoms with van der Waals surface area (Å²) in [4.78, 5) is 13.3. The van der Waals surface area contributed by atoms with Crippen LogP contribution in [0.4, 0.5) is 0 Å². The van der Waals surface area contributed by atoms with Crippen molar-refractivity contribution in [3.63, 3.8) is 0 Å². The fourth-order valence-corrected chi connectivity index (χ4v) is 1.88. The third-order valence-corrected chi connectivity index (χ3v) is 2.74. The van der Waals surface area contributed by atoms with Crippen LogP contribution in [0.2, 0.25) is 0 Å². The maximum absolute atomic E-state index is 11.4. The van der Waals surface area contributed by atoms with Crippen molar-refractivity contribution >= 4 is 5.91 Å². The zero-order valence-electron chi connectivity index (χ0n) is 10.4. The Morgan fingerprint density at radius 2 is 1.88 bits per heavy atom. The van der Waals surface area contributed by atoms with E-state index in [-0.39, 0.29) is 5.91 Å². The number of hydrogen-bond acceptors (Lipinski definition) is 1. The Labute approximate surface area is 98.3 Å². The van der Waals surface area contributed by atoms with Crippen LogP contribution in [0.1, 0.15) is 32.8 Å². The van der Waals surface area contributed by atoms with Gasteiger partial charge in [-0.05, 0) is 32.3 Å². The fourth-order valence-electron chi connectivity index (χ4n) is 1.88. The average molecular weight is 219 g/mol. The number of nitrogens with zero attached hydrogens (tertiary/aromatic N) is 1. The Hall–Kier alpha value is -1.31. The molecule has 0 aliphatic rings. The lowest BCUT2D eigenvalue weighted by Crippen LogP contribution is -2.36. The smallest absolute Gasteiger partial charge is 0.219 e. The number of carbonyl (C=O) groups excluding carboxylic acids is 1. The molecule has 16 heavy (non-hydrogen) atoms. The second-order valence-corrected chi connectivity index (χ2v) is 4.40. The van der Waals surface area contributed by atoms with Crippen LogP contribution in [-0.4, -0.2) is 23.4 Å². The number of carbonyl (C=O) groups is 1. The molecule has 0 spiro atoms. The summed E-state index contributed by atoms with van der Waals surface area (Å²) in [7, 11) is 0. The predicted molar refractivity (Wildman–Crippen MR) is 67.3 cm³/mol. The van der Waals surface area contributed by atoms with Crippen molar-refractivity contribution in [1.29, 1.82) is 0 Å². The molecule has 2 nitrogen and oxygen atoms in total. The van der Waals surface area contributed by atoms with Gasteiger partial charge in [-0.15, -0.1) is 0 Å². The van der Waals surface area contributed by atoms with Gasteiger partial charge in [0.25, 0.3) is 0 Å². The molecule has 0 saturated carbocycles. The van der Waals surface area contributed by atoms with E-state index in [1.54, 1.807) is 6.92 Å². The van der Waals surface area contributed by atoms with Gasteiger partial charge in [-0.25, -0.2) is 0 Å². The molecule has 0 saturated heterocycles. The molecule has 1 rings (SSSR count). The van der Waals surface area contributed by atoms with Gasteiger partial charge < -0.3 is 4.90 Å². The largest absolute Gasteiger partial charge is 0.341 e. The van der Waals surface area contributed by atoms with Crippen molar-refractivity contribution in [3.05, 3.63) is 35.9 Å². The zero-order chi connectivity index (χ0) is 12.0. The Morgan fingerprint density at radius 3 is 2.38 bits per heavy atom. The predicted octanol–water partition coefficient (Wildman–Crippen LogP) is 2.88. The third-order valence-electron chi connectivity index (χ3n) is 2.74. The van der Waals surface area contributed by atoms with E-state index in [0.29, 0.717) is 6.04 Å². The summed E-state index contributed by atoms with van der Waals surface area (Å²) < 4.78 is 0. The van der Waals surface area contributed by atoms with Crippen LogP contribution in [0, 0.1) is 0 Å². The molecule has 0 aromatic heterocycles. The van der Waals surface area contributed by atoms with E-state index in [1.807, 2.05) is 11.0 Å². The maximum atomic E-state index is 11.4. The molecule has 0 heterocycles. The lowest BCUT2D eigenvalue weighted by molar-refractivity contribution is -0.130. The molecule has 0 fully saturated rings. The van der Waals surface area contributed by atoms with Crippen molar-refractivity contribution in [3.8, 4) is 0 Å². The molecule has 2 heteroatoms. The monoisotopic (exact) mass is 219 g/mol. The molecule has 0 N–H and O–H groups in total. The number of hydrogen-bond donors (Lipinski definition) is 0. The third kappa shape index (κ3) is 4.05. The Balaban J connectivity index is 2.37. The van der Waals surface area contributed by atoms with Crippen LogP contribution in [-0.2, 0) is 11.2 Å². The van der Waals surface area contributed by atoms with E-state index in [1.165, 1.54) is 5.56 Å². The first-order valence-corrected chi connectivity index (χ1v) is 5.92. The lowest BCUT2D eigenvalue weighted by atomic mass is 10.1. The van der Waals surface area contributed by atoms with Crippen molar-refractivity contribution in [2.75, 3.05) is 6.54 Å². The Kier molecular flexibility index (Phi) is 5.03. The standard InChI is InChI=1S/C14H21NO/c1-12(2)15(13(3)16)11-7-10-14-8-5-4-6-9-14/h4-6,8-9,12H,7,10-11H2,1-3H3. The summed E-state index contributed by atoms with van der Waals surface area (Å²) in [6, 6.07) is 10.7. The highest BCUT2D eigenvalue weighted by atomic mass is 16.2. The summed E-state index contributed by atoms with van der Waals surface area (Å²) in [6.07, 6.45) is 2.07. The molecule has 88 valence electrons. The summed E-state index contributed by atoms with van der Waals surface area (Å²) in [5.41, 5.74) is 1.34. The minimum Gasteiger partial charge on any atom is -0.341 e. The first-order valence-electron chi connectivity index (χ1n) is 5.92. The Morgan fingerprint density at radius 1 is 1.25 bits per heavy atom. The SMILES string of the molecule is CC(=O)N(CCCc1ccccc1)C(C)C. The molecule has 0 atom stereocenters. The highest BCUT2D eigenvalue weighted by Gasteiger charge is 2.11. The van der Waals surface area contributed by atoms with E-state index in [0.717, 1.165) is 19.4 Å². The van der Waals surface area contributed by atoms with Gasteiger partial charge in [0.1, 0.15) is 0 Å². The number of aryl methyl sites for hydroxylation is 1. The number of rotatable bonds is 5. The van der Waals surface area contributed by atoms with E-state index < -0.39 is 0 Å². The molecular weight excluding hydrogens is 198 g/mol. The molecule has 0 aliphatic heterocycles. The van der Waals surface area contributed by atoms with Crippen LogP contribution >= 0.6 is 0 Å². The number of amides is 1. The van der Waals surface area contributed by atoms with Gasteiger partial charge in [-0.3, -0.25) is 4.79 Å². The number of benzene rings is 1. The second kappa shape index (κ2) is 6.31. The maximum Gasteiger partial charge on any atom is 0.219 e.